The molecule has 25 heavy (non-hydrogen) atoms. The SMILES string of the molecule is Cc1ccc(Nc2ccc(C(=O)NCc3ccncc3)nn2)cc1Cl. The van der Waals surface area contributed by atoms with Gasteiger partial charge in [-0.2, -0.15) is 0 Å². The molecule has 2 N–H and O–H groups in total. The zero-order valence-corrected chi connectivity index (χ0v) is 14.3. The Morgan fingerprint density at radius 3 is 2.56 bits per heavy atom. The zero-order valence-electron chi connectivity index (χ0n) is 13.5. The molecule has 1 amide bonds. The highest BCUT2D eigenvalue weighted by molar-refractivity contribution is 6.31. The number of carbonyl (C=O) groups is 1. The van der Waals surface area contributed by atoms with E-state index in [2.05, 4.69) is 25.8 Å². The quantitative estimate of drug-likeness (QED) is 0.733. The summed E-state index contributed by atoms with van der Waals surface area (Å²) < 4.78 is 0. The second kappa shape index (κ2) is 7.72. The van der Waals surface area contributed by atoms with E-state index in [0.29, 0.717) is 17.4 Å². The molecule has 126 valence electrons. The first-order valence-electron chi connectivity index (χ1n) is 7.66. The van der Waals surface area contributed by atoms with Crippen molar-refractivity contribution in [1.82, 2.24) is 20.5 Å². The fourth-order valence-electron chi connectivity index (χ4n) is 2.11. The van der Waals surface area contributed by atoms with Crippen LogP contribution in [0.3, 0.4) is 0 Å². The molecule has 0 aliphatic heterocycles. The lowest BCUT2D eigenvalue weighted by molar-refractivity contribution is 0.0945. The molecule has 0 bridgehead atoms. The van der Waals surface area contributed by atoms with Crippen LogP contribution in [0.5, 0.6) is 0 Å². The lowest BCUT2D eigenvalue weighted by Crippen LogP contribution is -2.24. The van der Waals surface area contributed by atoms with E-state index in [9.17, 15) is 4.79 Å². The average molecular weight is 354 g/mol. The molecular formula is C18H16ClN5O. The summed E-state index contributed by atoms with van der Waals surface area (Å²) in [6.45, 7) is 2.34. The molecule has 3 rings (SSSR count). The van der Waals surface area contributed by atoms with E-state index in [0.717, 1.165) is 16.8 Å². The number of halogens is 1. The second-order valence-corrected chi connectivity index (χ2v) is 5.84. The maximum atomic E-state index is 12.1. The van der Waals surface area contributed by atoms with Crippen molar-refractivity contribution in [2.45, 2.75) is 13.5 Å². The fourth-order valence-corrected chi connectivity index (χ4v) is 2.29. The number of benzene rings is 1. The summed E-state index contributed by atoms with van der Waals surface area (Å²) in [5.41, 5.74) is 3.02. The van der Waals surface area contributed by atoms with Gasteiger partial charge in [0, 0.05) is 29.6 Å². The number of aromatic nitrogens is 3. The van der Waals surface area contributed by atoms with Crippen molar-refractivity contribution in [2.24, 2.45) is 0 Å². The van der Waals surface area contributed by atoms with E-state index in [1.807, 2.05) is 37.3 Å². The monoisotopic (exact) mass is 353 g/mol. The predicted octanol–water partition coefficient (Wildman–Crippen LogP) is 3.51. The van der Waals surface area contributed by atoms with E-state index in [-0.39, 0.29) is 11.6 Å². The molecule has 3 aromatic rings. The van der Waals surface area contributed by atoms with Gasteiger partial charge in [-0.25, -0.2) is 0 Å². The highest BCUT2D eigenvalue weighted by Crippen LogP contribution is 2.22. The van der Waals surface area contributed by atoms with Gasteiger partial charge >= 0.3 is 0 Å². The van der Waals surface area contributed by atoms with Gasteiger partial charge in [0.25, 0.3) is 5.91 Å². The molecule has 7 heteroatoms. The van der Waals surface area contributed by atoms with Gasteiger partial charge in [-0.15, -0.1) is 10.2 Å². The molecule has 0 fully saturated rings. The number of rotatable bonds is 5. The Morgan fingerprint density at radius 1 is 1.08 bits per heavy atom. The number of hydrogen-bond acceptors (Lipinski definition) is 5. The predicted molar refractivity (Wildman–Crippen MR) is 96.9 cm³/mol. The molecule has 0 atom stereocenters. The Labute approximate surface area is 150 Å². The standard InChI is InChI=1S/C18H16ClN5O/c1-12-2-3-14(10-15(12)19)22-17-5-4-16(23-24-17)18(25)21-11-13-6-8-20-9-7-13/h2-10H,11H2,1H3,(H,21,25)(H,22,24). The van der Waals surface area contributed by atoms with Gasteiger partial charge in [0.05, 0.1) is 0 Å². The molecule has 0 saturated carbocycles. The van der Waals surface area contributed by atoms with Gasteiger partial charge in [-0.1, -0.05) is 17.7 Å². The van der Waals surface area contributed by atoms with Crippen LogP contribution in [0.1, 0.15) is 21.6 Å². The Hall–Kier alpha value is -2.99. The van der Waals surface area contributed by atoms with Crippen molar-refractivity contribution in [3.63, 3.8) is 0 Å². The van der Waals surface area contributed by atoms with Gasteiger partial charge in [-0.3, -0.25) is 9.78 Å². The first kappa shape index (κ1) is 16.9. The van der Waals surface area contributed by atoms with Gasteiger partial charge < -0.3 is 10.6 Å². The summed E-state index contributed by atoms with van der Waals surface area (Å²) in [6.07, 6.45) is 3.36. The Balaban J connectivity index is 1.61. The minimum atomic E-state index is -0.283. The molecular weight excluding hydrogens is 338 g/mol. The largest absolute Gasteiger partial charge is 0.347 e. The first-order valence-corrected chi connectivity index (χ1v) is 8.03. The third-order valence-electron chi connectivity index (χ3n) is 3.54. The smallest absolute Gasteiger partial charge is 0.272 e. The lowest BCUT2D eigenvalue weighted by atomic mass is 10.2. The summed E-state index contributed by atoms with van der Waals surface area (Å²) in [4.78, 5) is 16.0. The zero-order chi connectivity index (χ0) is 17.6. The second-order valence-electron chi connectivity index (χ2n) is 5.43. The van der Waals surface area contributed by atoms with Crippen LogP contribution in [-0.2, 0) is 6.54 Å². The van der Waals surface area contributed by atoms with Crippen LogP contribution >= 0.6 is 11.6 Å². The van der Waals surface area contributed by atoms with Gasteiger partial charge in [0.1, 0.15) is 0 Å². The highest BCUT2D eigenvalue weighted by atomic mass is 35.5. The first-order chi connectivity index (χ1) is 12.1. The topological polar surface area (TPSA) is 79.8 Å². The van der Waals surface area contributed by atoms with Crippen molar-refractivity contribution >= 4 is 29.0 Å². The number of carbonyl (C=O) groups excluding carboxylic acids is 1. The van der Waals surface area contributed by atoms with Crippen LogP contribution in [0.25, 0.3) is 0 Å². The number of anilines is 2. The van der Waals surface area contributed by atoms with Crippen LogP contribution in [-0.4, -0.2) is 21.1 Å². The number of amides is 1. The fraction of sp³-hybridized carbons (Fsp3) is 0.111. The number of hydrogen-bond donors (Lipinski definition) is 2. The maximum Gasteiger partial charge on any atom is 0.272 e. The molecule has 0 aliphatic carbocycles. The van der Waals surface area contributed by atoms with Crippen LogP contribution < -0.4 is 10.6 Å². The summed E-state index contributed by atoms with van der Waals surface area (Å²) in [6, 6.07) is 12.6. The lowest BCUT2D eigenvalue weighted by Gasteiger charge is -2.08. The van der Waals surface area contributed by atoms with Crippen molar-refractivity contribution < 1.29 is 4.79 Å². The van der Waals surface area contributed by atoms with Gasteiger partial charge in [-0.05, 0) is 54.4 Å². The van der Waals surface area contributed by atoms with Crippen LogP contribution in [0.4, 0.5) is 11.5 Å². The molecule has 1 aromatic carbocycles. The molecule has 6 nitrogen and oxygen atoms in total. The van der Waals surface area contributed by atoms with E-state index in [1.54, 1.807) is 24.5 Å². The molecule has 0 spiro atoms. The molecule has 0 unspecified atom stereocenters. The molecule has 0 radical (unpaired) electrons. The maximum absolute atomic E-state index is 12.1. The Kier molecular flexibility index (Phi) is 5.20. The molecule has 2 aromatic heterocycles. The number of pyridine rings is 1. The third kappa shape index (κ3) is 4.51. The van der Waals surface area contributed by atoms with E-state index >= 15 is 0 Å². The number of nitrogens with zero attached hydrogens (tertiary/aromatic N) is 3. The number of aryl methyl sites for hydroxylation is 1. The van der Waals surface area contributed by atoms with Gasteiger partial charge in [0.2, 0.25) is 0 Å². The molecule has 2 heterocycles. The normalized spacial score (nSPS) is 10.3. The molecule has 0 saturated heterocycles. The Morgan fingerprint density at radius 2 is 1.88 bits per heavy atom. The van der Waals surface area contributed by atoms with E-state index < -0.39 is 0 Å². The summed E-state index contributed by atoms with van der Waals surface area (Å²) in [7, 11) is 0. The van der Waals surface area contributed by atoms with Crippen molar-refractivity contribution in [3.8, 4) is 0 Å². The van der Waals surface area contributed by atoms with E-state index in [1.165, 1.54) is 0 Å². The van der Waals surface area contributed by atoms with E-state index in [4.69, 9.17) is 11.6 Å². The third-order valence-corrected chi connectivity index (χ3v) is 3.95. The van der Waals surface area contributed by atoms with Crippen molar-refractivity contribution in [1.29, 1.82) is 0 Å². The summed E-state index contributed by atoms with van der Waals surface area (Å²) >= 11 is 6.10. The summed E-state index contributed by atoms with van der Waals surface area (Å²) in [5, 5.41) is 14.5. The van der Waals surface area contributed by atoms with Gasteiger partial charge in [0.15, 0.2) is 11.5 Å². The van der Waals surface area contributed by atoms with Crippen LogP contribution in [0, 0.1) is 6.92 Å². The van der Waals surface area contributed by atoms with Crippen LogP contribution in [0.15, 0.2) is 54.9 Å². The minimum absolute atomic E-state index is 0.251. The Bertz CT molecular complexity index is 868. The van der Waals surface area contributed by atoms with Crippen molar-refractivity contribution in [2.75, 3.05) is 5.32 Å². The average Bonchev–Trinajstić information content (AvgIpc) is 2.64. The van der Waals surface area contributed by atoms with Crippen LogP contribution in [0.2, 0.25) is 5.02 Å². The highest BCUT2D eigenvalue weighted by Gasteiger charge is 2.08. The molecule has 0 aliphatic rings. The van der Waals surface area contributed by atoms with Crippen molar-refractivity contribution in [3.05, 3.63) is 76.7 Å². The summed E-state index contributed by atoms with van der Waals surface area (Å²) in [5.74, 6) is 0.250. The minimum Gasteiger partial charge on any atom is -0.347 e. The number of nitrogens with one attached hydrogen (secondary N) is 2.